The van der Waals surface area contributed by atoms with Gasteiger partial charge in [-0.1, -0.05) is 18.2 Å². The second-order valence-corrected chi connectivity index (χ2v) is 4.00. The van der Waals surface area contributed by atoms with E-state index in [0.717, 1.165) is 23.2 Å². The molecule has 1 rings (SSSR count). The Morgan fingerprint density at radius 3 is 2.44 bits per heavy atom. The molecule has 0 saturated carbocycles. The van der Waals surface area contributed by atoms with Crippen LogP contribution in [0.15, 0.2) is 18.2 Å². The zero-order valence-corrected chi connectivity index (χ0v) is 9.92. The first-order chi connectivity index (χ1) is 7.65. The molecule has 0 heterocycles. The summed E-state index contributed by atoms with van der Waals surface area (Å²) in [5, 5.41) is 11.5. The number of aliphatic hydroxyl groups is 1. The van der Waals surface area contributed by atoms with E-state index in [9.17, 15) is 4.79 Å². The van der Waals surface area contributed by atoms with Gasteiger partial charge in [0.15, 0.2) is 0 Å². The Labute approximate surface area is 96.5 Å². The summed E-state index contributed by atoms with van der Waals surface area (Å²) in [6.07, 6.45) is 1.88. The molecular weight excluding hydrogens is 202 g/mol. The quantitative estimate of drug-likeness (QED) is 0.750. The number of unbranched alkanes of at least 4 members (excludes halogenated alkanes) is 1. The summed E-state index contributed by atoms with van der Waals surface area (Å²) in [6, 6.07) is 5.94. The van der Waals surface area contributed by atoms with Crippen LogP contribution in [0.25, 0.3) is 0 Å². The number of carbonyl (C=O) groups is 1. The maximum absolute atomic E-state index is 11.6. The van der Waals surface area contributed by atoms with E-state index in [1.807, 2.05) is 32.0 Å². The fraction of sp³-hybridized carbons (Fsp3) is 0.462. The Morgan fingerprint density at radius 2 is 1.88 bits per heavy atom. The molecule has 0 radical (unpaired) electrons. The smallest absolute Gasteiger partial charge is 0.224 e. The number of para-hydroxylation sites is 1. The molecule has 1 aromatic rings. The number of rotatable bonds is 5. The molecule has 0 bridgehead atoms. The second-order valence-electron chi connectivity index (χ2n) is 4.00. The van der Waals surface area contributed by atoms with Crippen molar-refractivity contribution in [3.05, 3.63) is 29.3 Å². The maximum atomic E-state index is 11.6. The van der Waals surface area contributed by atoms with Crippen LogP contribution < -0.4 is 5.32 Å². The molecule has 0 aliphatic rings. The van der Waals surface area contributed by atoms with Crippen molar-refractivity contribution in [1.82, 2.24) is 0 Å². The number of aliphatic hydroxyl groups excluding tert-OH is 1. The Hall–Kier alpha value is -1.35. The van der Waals surface area contributed by atoms with E-state index >= 15 is 0 Å². The van der Waals surface area contributed by atoms with Gasteiger partial charge in [0, 0.05) is 18.7 Å². The Morgan fingerprint density at radius 1 is 1.25 bits per heavy atom. The molecule has 2 N–H and O–H groups in total. The van der Waals surface area contributed by atoms with Gasteiger partial charge in [0.25, 0.3) is 0 Å². The number of anilines is 1. The Kier molecular flexibility index (Phi) is 4.99. The lowest BCUT2D eigenvalue weighted by Crippen LogP contribution is -2.13. The van der Waals surface area contributed by atoms with Crippen LogP contribution in [0.4, 0.5) is 5.69 Å². The lowest BCUT2D eigenvalue weighted by Gasteiger charge is -2.11. The molecule has 3 heteroatoms. The predicted molar refractivity (Wildman–Crippen MR) is 65.5 cm³/mol. The number of benzene rings is 1. The molecule has 0 spiro atoms. The molecule has 16 heavy (non-hydrogen) atoms. The van der Waals surface area contributed by atoms with Crippen molar-refractivity contribution in [3.63, 3.8) is 0 Å². The molecule has 0 aromatic heterocycles. The number of amides is 1. The number of nitrogens with one attached hydrogen (secondary N) is 1. The van der Waals surface area contributed by atoms with Gasteiger partial charge in [0.1, 0.15) is 0 Å². The third-order valence-electron chi connectivity index (χ3n) is 2.56. The van der Waals surface area contributed by atoms with E-state index < -0.39 is 0 Å². The highest BCUT2D eigenvalue weighted by molar-refractivity contribution is 5.92. The van der Waals surface area contributed by atoms with Gasteiger partial charge < -0.3 is 10.4 Å². The fourth-order valence-electron chi connectivity index (χ4n) is 1.61. The van der Waals surface area contributed by atoms with E-state index in [-0.39, 0.29) is 12.5 Å². The van der Waals surface area contributed by atoms with Gasteiger partial charge in [-0.3, -0.25) is 4.79 Å². The van der Waals surface area contributed by atoms with Crippen LogP contribution in [0.5, 0.6) is 0 Å². The molecule has 1 amide bonds. The molecule has 88 valence electrons. The number of hydrogen-bond donors (Lipinski definition) is 2. The number of hydrogen-bond acceptors (Lipinski definition) is 2. The first kappa shape index (κ1) is 12.7. The number of aryl methyl sites for hydroxylation is 2. The highest BCUT2D eigenvalue weighted by Gasteiger charge is 2.06. The first-order valence-corrected chi connectivity index (χ1v) is 5.62. The van der Waals surface area contributed by atoms with Gasteiger partial charge in [-0.05, 0) is 37.8 Å². The van der Waals surface area contributed by atoms with Crippen LogP contribution in [0.2, 0.25) is 0 Å². The first-order valence-electron chi connectivity index (χ1n) is 5.62. The van der Waals surface area contributed by atoms with Crippen molar-refractivity contribution in [2.45, 2.75) is 33.1 Å². The van der Waals surface area contributed by atoms with E-state index in [0.29, 0.717) is 12.8 Å². The molecule has 3 nitrogen and oxygen atoms in total. The largest absolute Gasteiger partial charge is 0.396 e. The molecule has 0 unspecified atom stereocenters. The average molecular weight is 221 g/mol. The summed E-state index contributed by atoms with van der Waals surface area (Å²) >= 11 is 0. The van der Waals surface area contributed by atoms with Crippen molar-refractivity contribution < 1.29 is 9.90 Å². The van der Waals surface area contributed by atoms with Crippen molar-refractivity contribution in [1.29, 1.82) is 0 Å². The summed E-state index contributed by atoms with van der Waals surface area (Å²) < 4.78 is 0. The molecule has 0 aliphatic carbocycles. The van der Waals surface area contributed by atoms with Gasteiger partial charge >= 0.3 is 0 Å². The minimum Gasteiger partial charge on any atom is -0.396 e. The highest BCUT2D eigenvalue weighted by Crippen LogP contribution is 2.19. The van der Waals surface area contributed by atoms with Crippen molar-refractivity contribution in [2.75, 3.05) is 11.9 Å². The second kappa shape index (κ2) is 6.28. The molecule has 1 aromatic carbocycles. The van der Waals surface area contributed by atoms with Crippen molar-refractivity contribution >= 4 is 11.6 Å². The lowest BCUT2D eigenvalue weighted by atomic mass is 10.1. The van der Waals surface area contributed by atoms with Crippen molar-refractivity contribution in [3.8, 4) is 0 Å². The molecule has 0 fully saturated rings. The SMILES string of the molecule is Cc1cccc(C)c1NC(=O)CCCCO. The molecular formula is C13H19NO2. The molecule has 0 atom stereocenters. The highest BCUT2D eigenvalue weighted by atomic mass is 16.2. The minimum absolute atomic E-state index is 0.0193. The monoisotopic (exact) mass is 221 g/mol. The van der Waals surface area contributed by atoms with Gasteiger partial charge in [-0.2, -0.15) is 0 Å². The normalized spacial score (nSPS) is 10.2. The average Bonchev–Trinajstić information content (AvgIpc) is 2.24. The zero-order chi connectivity index (χ0) is 12.0. The van der Waals surface area contributed by atoms with E-state index in [2.05, 4.69) is 5.32 Å². The summed E-state index contributed by atoms with van der Waals surface area (Å²) in [4.78, 5) is 11.6. The number of carbonyl (C=O) groups excluding carboxylic acids is 1. The van der Waals surface area contributed by atoms with Gasteiger partial charge in [-0.25, -0.2) is 0 Å². The van der Waals surface area contributed by atoms with Crippen LogP contribution >= 0.6 is 0 Å². The lowest BCUT2D eigenvalue weighted by molar-refractivity contribution is -0.116. The third-order valence-corrected chi connectivity index (χ3v) is 2.56. The summed E-state index contributed by atoms with van der Waals surface area (Å²) in [5.41, 5.74) is 3.07. The Bertz CT molecular complexity index is 341. The van der Waals surface area contributed by atoms with E-state index in [4.69, 9.17) is 5.11 Å². The van der Waals surface area contributed by atoms with Gasteiger partial charge in [0.2, 0.25) is 5.91 Å². The summed E-state index contributed by atoms with van der Waals surface area (Å²) in [6.45, 7) is 4.11. The van der Waals surface area contributed by atoms with Gasteiger partial charge in [0.05, 0.1) is 0 Å². The maximum Gasteiger partial charge on any atom is 0.224 e. The van der Waals surface area contributed by atoms with Crippen LogP contribution in [0, 0.1) is 13.8 Å². The zero-order valence-electron chi connectivity index (χ0n) is 9.92. The summed E-state index contributed by atoms with van der Waals surface area (Å²) in [5.74, 6) is 0.0193. The van der Waals surface area contributed by atoms with Crippen molar-refractivity contribution in [2.24, 2.45) is 0 Å². The van der Waals surface area contributed by atoms with Crippen LogP contribution in [0.3, 0.4) is 0 Å². The third kappa shape index (κ3) is 3.66. The topological polar surface area (TPSA) is 49.3 Å². The minimum atomic E-state index is 0.0193. The summed E-state index contributed by atoms with van der Waals surface area (Å²) in [7, 11) is 0. The fourth-order valence-corrected chi connectivity index (χ4v) is 1.61. The molecule has 0 aliphatic heterocycles. The predicted octanol–water partition coefficient (Wildman–Crippen LogP) is 2.40. The van der Waals surface area contributed by atoms with Crippen LogP contribution in [0.1, 0.15) is 30.4 Å². The van der Waals surface area contributed by atoms with Gasteiger partial charge in [-0.15, -0.1) is 0 Å². The van der Waals surface area contributed by atoms with E-state index in [1.165, 1.54) is 0 Å². The standard InChI is InChI=1S/C13H19NO2/c1-10-6-5-7-11(2)13(10)14-12(16)8-3-4-9-15/h5-7,15H,3-4,8-9H2,1-2H3,(H,14,16). The Balaban J connectivity index is 2.56. The molecule has 0 saturated heterocycles. The van der Waals surface area contributed by atoms with E-state index in [1.54, 1.807) is 0 Å². The van der Waals surface area contributed by atoms with Crippen LogP contribution in [-0.4, -0.2) is 17.6 Å². The van der Waals surface area contributed by atoms with Crippen LogP contribution in [-0.2, 0) is 4.79 Å².